The van der Waals surface area contributed by atoms with Crippen LogP contribution in [0, 0.1) is 6.92 Å². The highest BCUT2D eigenvalue weighted by Crippen LogP contribution is 2.30. The lowest BCUT2D eigenvalue weighted by atomic mass is 9.93. The van der Waals surface area contributed by atoms with E-state index in [0.29, 0.717) is 42.2 Å². The average Bonchev–Trinajstić information content (AvgIpc) is 2.46. The molecule has 3 rings (SSSR count). The third-order valence-electron chi connectivity index (χ3n) is 4.11. The van der Waals surface area contributed by atoms with Gasteiger partial charge in [0.1, 0.15) is 16.3 Å². The van der Waals surface area contributed by atoms with Crippen molar-refractivity contribution in [3.05, 3.63) is 23.0 Å². The van der Waals surface area contributed by atoms with Crippen LogP contribution >= 0.6 is 11.6 Å². The highest BCUT2D eigenvalue weighted by molar-refractivity contribution is 6.29. The quantitative estimate of drug-likeness (QED) is 0.847. The maximum absolute atomic E-state index is 11.0. The minimum absolute atomic E-state index is 0.399. The van der Waals surface area contributed by atoms with Gasteiger partial charge in [-0.15, -0.1) is 0 Å². The number of amides is 1. The molecule has 2 N–H and O–H groups in total. The predicted molar refractivity (Wildman–Crippen MR) is 87.6 cm³/mol. The zero-order valence-electron chi connectivity index (χ0n) is 13.0. The smallest absolute Gasteiger partial charge is 0.405 e. The number of piperidine rings is 1. The molecule has 1 aliphatic heterocycles. The van der Waals surface area contributed by atoms with Crippen molar-refractivity contribution in [2.24, 2.45) is 5.73 Å². The van der Waals surface area contributed by atoms with Gasteiger partial charge in [-0.2, -0.15) is 0 Å². The normalized spacial score (nSPS) is 17.3. The summed E-state index contributed by atoms with van der Waals surface area (Å²) in [4.78, 5) is 26.5. The Morgan fingerprint density at radius 1 is 1.30 bits per heavy atom. The van der Waals surface area contributed by atoms with Crippen LogP contribution in [0.2, 0.25) is 5.15 Å². The zero-order valence-corrected chi connectivity index (χ0v) is 13.8. The lowest BCUT2D eigenvalue weighted by Gasteiger charge is -2.39. The SMILES string of the molecule is Cc1nc2nc(Cl)ccc2nc1N1CCC(C)(OC(N)=O)CC1. The number of ether oxygens (including phenoxy) is 1. The monoisotopic (exact) mass is 335 g/mol. The van der Waals surface area contributed by atoms with E-state index in [1.54, 1.807) is 6.07 Å². The molecule has 23 heavy (non-hydrogen) atoms. The topological polar surface area (TPSA) is 94.2 Å². The molecule has 0 radical (unpaired) electrons. The maximum Gasteiger partial charge on any atom is 0.405 e. The van der Waals surface area contributed by atoms with Crippen molar-refractivity contribution in [2.75, 3.05) is 18.0 Å². The first-order chi connectivity index (χ1) is 10.9. The van der Waals surface area contributed by atoms with E-state index in [1.165, 1.54) is 0 Å². The minimum atomic E-state index is -0.731. The van der Waals surface area contributed by atoms with Crippen LogP contribution in [0.15, 0.2) is 12.1 Å². The first-order valence-electron chi connectivity index (χ1n) is 7.41. The van der Waals surface area contributed by atoms with Gasteiger partial charge in [-0.1, -0.05) is 11.6 Å². The highest BCUT2D eigenvalue weighted by atomic mass is 35.5. The Morgan fingerprint density at radius 3 is 2.65 bits per heavy atom. The molecule has 122 valence electrons. The van der Waals surface area contributed by atoms with Gasteiger partial charge in [-0.3, -0.25) is 0 Å². The van der Waals surface area contributed by atoms with Crippen molar-refractivity contribution in [2.45, 2.75) is 32.3 Å². The molecular formula is C15H18ClN5O2. The van der Waals surface area contributed by atoms with E-state index in [-0.39, 0.29) is 0 Å². The second kappa shape index (κ2) is 5.81. The molecule has 0 atom stereocenters. The largest absolute Gasteiger partial charge is 0.443 e. The molecule has 0 spiro atoms. The Bertz CT molecular complexity index is 759. The number of rotatable bonds is 2. The van der Waals surface area contributed by atoms with Gasteiger partial charge in [-0.25, -0.2) is 19.7 Å². The summed E-state index contributed by atoms with van der Waals surface area (Å²) < 4.78 is 5.23. The van der Waals surface area contributed by atoms with Crippen LogP contribution in [0.5, 0.6) is 0 Å². The maximum atomic E-state index is 11.0. The molecule has 8 heteroatoms. The van der Waals surface area contributed by atoms with E-state index in [4.69, 9.17) is 22.1 Å². The number of halogens is 1. The summed E-state index contributed by atoms with van der Waals surface area (Å²) in [6, 6.07) is 3.51. The molecule has 7 nitrogen and oxygen atoms in total. The first kappa shape index (κ1) is 15.7. The summed E-state index contributed by atoms with van der Waals surface area (Å²) in [5.41, 5.74) is 6.66. The molecule has 0 saturated carbocycles. The third kappa shape index (κ3) is 3.29. The van der Waals surface area contributed by atoms with Crippen LogP contribution in [0.25, 0.3) is 11.2 Å². The van der Waals surface area contributed by atoms with Crippen LogP contribution < -0.4 is 10.6 Å². The number of hydrogen-bond donors (Lipinski definition) is 1. The van der Waals surface area contributed by atoms with Crippen molar-refractivity contribution in [3.63, 3.8) is 0 Å². The summed E-state index contributed by atoms with van der Waals surface area (Å²) in [7, 11) is 0. The van der Waals surface area contributed by atoms with Gasteiger partial charge in [0.05, 0.1) is 5.69 Å². The second-order valence-electron chi connectivity index (χ2n) is 5.97. The fourth-order valence-corrected chi connectivity index (χ4v) is 2.97. The number of carbonyl (C=O) groups excluding carboxylic acids is 1. The summed E-state index contributed by atoms with van der Waals surface area (Å²) in [6.45, 7) is 5.23. The highest BCUT2D eigenvalue weighted by Gasteiger charge is 2.34. The van der Waals surface area contributed by atoms with Gasteiger partial charge in [0.2, 0.25) is 0 Å². The zero-order chi connectivity index (χ0) is 16.6. The number of primary amides is 1. The number of nitrogens with zero attached hydrogens (tertiary/aromatic N) is 4. The second-order valence-corrected chi connectivity index (χ2v) is 6.35. The molecule has 0 aromatic carbocycles. The minimum Gasteiger partial charge on any atom is -0.443 e. The van der Waals surface area contributed by atoms with Crippen molar-refractivity contribution < 1.29 is 9.53 Å². The lowest BCUT2D eigenvalue weighted by molar-refractivity contribution is 0.0126. The van der Waals surface area contributed by atoms with Crippen LogP contribution in [0.4, 0.5) is 10.6 Å². The molecule has 3 heterocycles. The molecule has 0 aliphatic carbocycles. The van der Waals surface area contributed by atoms with Gasteiger partial charge in [0.25, 0.3) is 0 Å². The van der Waals surface area contributed by atoms with Crippen LogP contribution in [-0.2, 0) is 4.74 Å². The number of anilines is 1. The fourth-order valence-electron chi connectivity index (χ4n) is 2.83. The number of aromatic nitrogens is 3. The number of carbonyl (C=O) groups is 1. The van der Waals surface area contributed by atoms with Gasteiger partial charge < -0.3 is 15.4 Å². The average molecular weight is 336 g/mol. The van der Waals surface area contributed by atoms with Gasteiger partial charge in [0.15, 0.2) is 11.5 Å². The Morgan fingerprint density at radius 2 is 2.00 bits per heavy atom. The Labute approximate surface area is 138 Å². The number of pyridine rings is 1. The van der Waals surface area contributed by atoms with E-state index in [2.05, 4.69) is 19.9 Å². The predicted octanol–water partition coefficient (Wildman–Crippen LogP) is 2.44. The fraction of sp³-hybridized carbons (Fsp3) is 0.467. The number of hydrogen-bond acceptors (Lipinski definition) is 6. The molecule has 0 unspecified atom stereocenters. The Kier molecular flexibility index (Phi) is 3.97. The molecule has 1 aliphatic rings. The first-order valence-corrected chi connectivity index (χ1v) is 7.78. The van der Waals surface area contributed by atoms with Crippen molar-refractivity contribution in [1.29, 1.82) is 0 Å². The Balaban J connectivity index is 1.83. The third-order valence-corrected chi connectivity index (χ3v) is 4.32. The van der Waals surface area contributed by atoms with Gasteiger partial charge in [0, 0.05) is 25.9 Å². The number of nitrogens with two attached hydrogens (primary N) is 1. The molecule has 2 aromatic rings. The summed E-state index contributed by atoms with van der Waals surface area (Å²) in [5, 5.41) is 0.399. The molecule has 0 bridgehead atoms. The molecular weight excluding hydrogens is 318 g/mol. The van der Waals surface area contributed by atoms with Gasteiger partial charge >= 0.3 is 6.09 Å². The van der Waals surface area contributed by atoms with E-state index in [1.807, 2.05) is 19.9 Å². The number of aryl methyl sites for hydroxylation is 1. The van der Waals surface area contributed by atoms with E-state index < -0.39 is 11.7 Å². The van der Waals surface area contributed by atoms with Crippen LogP contribution in [-0.4, -0.2) is 39.7 Å². The lowest BCUT2D eigenvalue weighted by Crippen LogP contribution is -2.46. The van der Waals surface area contributed by atoms with Crippen molar-refractivity contribution in [3.8, 4) is 0 Å². The van der Waals surface area contributed by atoms with E-state index in [9.17, 15) is 4.79 Å². The standard InChI is InChI=1S/C15H18ClN5O2/c1-9-13(19-10-3-4-11(16)20-12(10)18-9)21-7-5-15(2,6-8-21)23-14(17)22/h3-4H,5-8H2,1-2H3,(H2,17,22). The van der Waals surface area contributed by atoms with Crippen LogP contribution in [0.3, 0.4) is 0 Å². The van der Waals surface area contributed by atoms with E-state index in [0.717, 1.165) is 11.5 Å². The van der Waals surface area contributed by atoms with Crippen molar-refractivity contribution in [1.82, 2.24) is 15.0 Å². The Hall–Kier alpha value is -2.15. The summed E-state index contributed by atoms with van der Waals surface area (Å²) >= 11 is 5.89. The summed E-state index contributed by atoms with van der Waals surface area (Å²) in [6.07, 6.45) is 0.646. The molecule has 1 fully saturated rings. The molecule has 2 aromatic heterocycles. The molecule has 1 amide bonds. The van der Waals surface area contributed by atoms with E-state index >= 15 is 0 Å². The molecule has 1 saturated heterocycles. The van der Waals surface area contributed by atoms with Crippen LogP contribution in [0.1, 0.15) is 25.5 Å². The summed E-state index contributed by atoms with van der Waals surface area (Å²) in [5.74, 6) is 0.822. The number of fused-ring (bicyclic) bond motifs is 1. The van der Waals surface area contributed by atoms with Crippen molar-refractivity contribution >= 4 is 34.7 Å². The van der Waals surface area contributed by atoms with Gasteiger partial charge in [-0.05, 0) is 26.0 Å².